The van der Waals surface area contributed by atoms with E-state index in [-0.39, 0.29) is 18.0 Å². The van der Waals surface area contributed by atoms with Gasteiger partial charge in [-0.1, -0.05) is 26.0 Å². The van der Waals surface area contributed by atoms with Crippen molar-refractivity contribution >= 4 is 27.6 Å². The first-order chi connectivity index (χ1) is 8.82. The number of rotatable bonds is 6. The fourth-order valence-corrected chi connectivity index (χ4v) is 2.54. The molecule has 0 saturated carbocycles. The Morgan fingerprint density at radius 2 is 2.11 bits per heavy atom. The molecule has 0 saturated heterocycles. The second kappa shape index (κ2) is 6.65. The molecule has 19 heavy (non-hydrogen) atoms. The summed E-state index contributed by atoms with van der Waals surface area (Å²) in [4.78, 5) is 21.6. The van der Waals surface area contributed by atoms with Crippen LogP contribution in [0.15, 0.2) is 22.7 Å². The standard InChI is InChI=1S/C13H16BrNO4/c1-8(2)6-10(13(16)17)7-9-4-3-5-11(12(9)14)15(18)19/h3-5,8,10H,6-7H2,1-2H3,(H,16,17). The van der Waals surface area contributed by atoms with Crippen LogP contribution in [0.25, 0.3) is 0 Å². The number of carboxylic acids is 1. The van der Waals surface area contributed by atoms with Crippen molar-refractivity contribution < 1.29 is 14.8 Å². The van der Waals surface area contributed by atoms with E-state index in [0.717, 1.165) is 0 Å². The predicted molar refractivity (Wildman–Crippen MR) is 75.1 cm³/mol. The highest BCUT2D eigenvalue weighted by molar-refractivity contribution is 9.10. The van der Waals surface area contributed by atoms with Crippen molar-refractivity contribution in [2.45, 2.75) is 26.7 Å². The molecule has 0 aliphatic carbocycles. The highest BCUT2D eigenvalue weighted by Crippen LogP contribution is 2.31. The van der Waals surface area contributed by atoms with Crippen LogP contribution in [0.3, 0.4) is 0 Å². The van der Waals surface area contributed by atoms with Gasteiger partial charge in [0.25, 0.3) is 5.69 Å². The van der Waals surface area contributed by atoms with Gasteiger partial charge in [0.2, 0.25) is 0 Å². The number of nitrogens with zero attached hydrogens (tertiary/aromatic N) is 1. The lowest BCUT2D eigenvalue weighted by Gasteiger charge is -2.15. The molecule has 0 bridgehead atoms. The number of hydrogen-bond acceptors (Lipinski definition) is 3. The molecule has 0 aliphatic heterocycles. The van der Waals surface area contributed by atoms with Crippen LogP contribution >= 0.6 is 15.9 Å². The largest absolute Gasteiger partial charge is 0.481 e. The summed E-state index contributed by atoms with van der Waals surface area (Å²) in [5, 5.41) is 20.0. The molecule has 0 aliphatic rings. The van der Waals surface area contributed by atoms with Crippen LogP contribution in [0, 0.1) is 22.0 Å². The maximum absolute atomic E-state index is 11.2. The zero-order valence-corrected chi connectivity index (χ0v) is 12.4. The van der Waals surface area contributed by atoms with Gasteiger partial charge in [-0.05, 0) is 40.3 Å². The summed E-state index contributed by atoms with van der Waals surface area (Å²) in [6.07, 6.45) is 0.834. The smallest absolute Gasteiger partial charge is 0.306 e. The van der Waals surface area contributed by atoms with Crippen LogP contribution in [0.2, 0.25) is 0 Å². The van der Waals surface area contributed by atoms with Crippen LogP contribution in [0.1, 0.15) is 25.8 Å². The Labute approximate surface area is 119 Å². The molecule has 1 aromatic carbocycles. The Hall–Kier alpha value is -1.43. The van der Waals surface area contributed by atoms with Crippen molar-refractivity contribution in [3.63, 3.8) is 0 Å². The second-order valence-corrected chi connectivity index (χ2v) is 5.67. The van der Waals surface area contributed by atoms with E-state index in [1.165, 1.54) is 6.07 Å². The molecule has 0 spiro atoms. The van der Waals surface area contributed by atoms with Crippen LogP contribution in [0.4, 0.5) is 5.69 Å². The first-order valence-electron chi connectivity index (χ1n) is 5.97. The highest BCUT2D eigenvalue weighted by atomic mass is 79.9. The van der Waals surface area contributed by atoms with Crippen LogP contribution in [0.5, 0.6) is 0 Å². The van der Waals surface area contributed by atoms with E-state index in [4.69, 9.17) is 0 Å². The van der Waals surface area contributed by atoms with Crippen molar-refractivity contribution in [3.05, 3.63) is 38.3 Å². The summed E-state index contributed by atoms with van der Waals surface area (Å²) < 4.78 is 0.370. The molecule has 0 radical (unpaired) electrons. The Bertz CT molecular complexity index is 488. The Kier molecular flexibility index (Phi) is 5.47. The first kappa shape index (κ1) is 15.6. The summed E-state index contributed by atoms with van der Waals surface area (Å²) in [7, 11) is 0. The van der Waals surface area contributed by atoms with Crippen molar-refractivity contribution in [2.24, 2.45) is 11.8 Å². The number of hydrogen-bond donors (Lipinski definition) is 1. The third-order valence-electron chi connectivity index (χ3n) is 2.83. The Morgan fingerprint density at radius 1 is 1.47 bits per heavy atom. The normalized spacial score (nSPS) is 12.4. The summed E-state index contributed by atoms with van der Waals surface area (Å²) in [6.45, 7) is 3.91. The lowest BCUT2D eigenvalue weighted by Crippen LogP contribution is -2.19. The molecule has 0 fully saturated rings. The molecule has 5 nitrogen and oxygen atoms in total. The maximum Gasteiger partial charge on any atom is 0.306 e. The fourth-order valence-electron chi connectivity index (χ4n) is 1.97. The molecule has 1 atom stereocenters. The quantitative estimate of drug-likeness (QED) is 0.638. The topological polar surface area (TPSA) is 80.4 Å². The van der Waals surface area contributed by atoms with Gasteiger partial charge < -0.3 is 5.11 Å². The average Bonchev–Trinajstić information content (AvgIpc) is 2.29. The molecule has 6 heteroatoms. The van der Waals surface area contributed by atoms with Gasteiger partial charge in [0, 0.05) is 6.07 Å². The lowest BCUT2D eigenvalue weighted by molar-refractivity contribution is -0.385. The van der Waals surface area contributed by atoms with E-state index in [0.29, 0.717) is 16.5 Å². The van der Waals surface area contributed by atoms with Gasteiger partial charge in [0.05, 0.1) is 15.3 Å². The summed E-state index contributed by atoms with van der Waals surface area (Å²) in [5.74, 6) is -1.14. The predicted octanol–water partition coefficient (Wildman–Crippen LogP) is 3.65. The minimum absolute atomic E-state index is 0.0359. The van der Waals surface area contributed by atoms with Gasteiger partial charge in [-0.15, -0.1) is 0 Å². The van der Waals surface area contributed by atoms with Gasteiger partial charge in [-0.25, -0.2) is 0 Å². The van der Waals surface area contributed by atoms with Gasteiger partial charge in [0.15, 0.2) is 0 Å². The van der Waals surface area contributed by atoms with Crippen molar-refractivity contribution in [2.75, 3.05) is 0 Å². The molecule has 0 amide bonds. The first-order valence-corrected chi connectivity index (χ1v) is 6.76. The number of carboxylic acid groups (broad SMARTS) is 1. The number of halogens is 1. The number of benzene rings is 1. The summed E-state index contributed by atoms with van der Waals surface area (Å²) in [6, 6.07) is 4.69. The maximum atomic E-state index is 11.2. The molecule has 104 valence electrons. The minimum atomic E-state index is -0.868. The zero-order valence-electron chi connectivity index (χ0n) is 10.8. The van der Waals surface area contributed by atoms with E-state index >= 15 is 0 Å². The lowest BCUT2D eigenvalue weighted by atomic mass is 9.91. The SMILES string of the molecule is CC(C)CC(Cc1cccc([N+](=O)[O-])c1Br)C(=O)O. The van der Waals surface area contributed by atoms with Crippen LogP contribution < -0.4 is 0 Å². The van der Waals surface area contributed by atoms with Crippen LogP contribution in [-0.2, 0) is 11.2 Å². The number of nitro groups is 1. The van der Waals surface area contributed by atoms with E-state index in [9.17, 15) is 20.0 Å². The monoisotopic (exact) mass is 329 g/mol. The number of nitro benzene ring substituents is 1. The third-order valence-corrected chi connectivity index (χ3v) is 3.74. The van der Waals surface area contributed by atoms with Gasteiger partial charge in [0.1, 0.15) is 0 Å². The molecule has 1 unspecified atom stereocenters. The Balaban J connectivity index is 3.00. The Morgan fingerprint density at radius 3 is 2.58 bits per heavy atom. The molecule has 0 heterocycles. The van der Waals surface area contributed by atoms with Gasteiger partial charge >= 0.3 is 5.97 Å². The summed E-state index contributed by atoms with van der Waals surface area (Å²) in [5.41, 5.74) is 0.619. The van der Waals surface area contributed by atoms with Crippen molar-refractivity contribution in [1.82, 2.24) is 0 Å². The highest BCUT2D eigenvalue weighted by Gasteiger charge is 2.23. The minimum Gasteiger partial charge on any atom is -0.481 e. The summed E-state index contributed by atoms with van der Waals surface area (Å²) >= 11 is 3.19. The van der Waals surface area contributed by atoms with E-state index in [1.807, 2.05) is 13.8 Å². The molecule has 1 aromatic rings. The van der Waals surface area contributed by atoms with Crippen molar-refractivity contribution in [1.29, 1.82) is 0 Å². The van der Waals surface area contributed by atoms with Gasteiger partial charge in [-0.3, -0.25) is 14.9 Å². The van der Waals surface area contributed by atoms with E-state index in [2.05, 4.69) is 15.9 Å². The number of carbonyl (C=O) groups is 1. The van der Waals surface area contributed by atoms with Crippen LogP contribution in [-0.4, -0.2) is 16.0 Å². The third kappa shape index (κ3) is 4.31. The fraction of sp³-hybridized carbons (Fsp3) is 0.462. The molecule has 1 N–H and O–H groups in total. The average molecular weight is 330 g/mol. The number of aliphatic carboxylic acids is 1. The molecular weight excluding hydrogens is 314 g/mol. The molecule has 1 rings (SSSR count). The van der Waals surface area contributed by atoms with Gasteiger partial charge in [-0.2, -0.15) is 0 Å². The van der Waals surface area contributed by atoms with E-state index in [1.54, 1.807) is 12.1 Å². The van der Waals surface area contributed by atoms with E-state index < -0.39 is 16.8 Å². The zero-order chi connectivity index (χ0) is 14.6. The van der Waals surface area contributed by atoms with Crippen molar-refractivity contribution in [3.8, 4) is 0 Å². The molecular formula is C13H16BrNO4. The second-order valence-electron chi connectivity index (χ2n) is 4.88. The molecule has 0 aromatic heterocycles.